The lowest BCUT2D eigenvalue weighted by Gasteiger charge is -2.11. The summed E-state index contributed by atoms with van der Waals surface area (Å²) in [4.78, 5) is 25.1. The topological polar surface area (TPSA) is 75.6 Å². The summed E-state index contributed by atoms with van der Waals surface area (Å²) < 4.78 is 5.37. The number of amides is 1. The lowest BCUT2D eigenvalue weighted by Crippen LogP contribution is -2.32. The maximum absolute atomic E-state index is 12.2. The van der Waals surface area contributed by atoms with E-state index in [0.29, 0.717) is 24.3 Å². The van der Waals surface area contributed by atoms with E-state index in [4.69, 9.17) is 9.84 Å². The molecule has 2 heterocycles. The van der Waals surface area contributed by atoms with Crippen molar-refractivity contribution in [1.29, 1.82) is 0 Å². The van der Waals surface area contributed by atoms with Crippen molar-refractivity contribution in [3.63, 3.8) is 0 Å². The van der Waals surface area contributed by atoms with Crippen molar-refractivity contribution in [3.8, 4) is 0 Å². The van der Waals surface area contributed by atoms with Gasteiger partial charge < -0.3 is 15.2 Å². The molecule has 3 rings (SSSR count). The molecule has 0 bridgehead atoms. The zero-order chi connectivity index (χ0) is 14.1. The number of carboxylic acids is 1. The molecule has 1 aliphatic heterocycles. The Hall–Kier alpha value is -1.40. The Morgan fingerprint density at radius 3 is 2.95 bits per heavy atom. The molecule has 0 unspecified atom stereocenters. The molecule has 2 N–H and O–H groups in total. The number of ether oxygens (including phenoxy) is 1. The van der Waals surface area contributed by atoms with E-state index in [1.54, 1.807) is 0 Å². The van der Waals surface area contributed by atoms with Gasteiger partial charge in [-0.15, -0.1) is 11.3 Å². The number of nitrogens with one attached hydrogen (secondary N) is 1. The third-order valence-electron chi connectivity index (χ3n) is 3.97. The van der Waals surface area contributed by atoms with Crippen LogP contribution in [0.3, 0.4) is 0 Å². The number of carbonyl (C=O) groups is 2. The fraction of sp³-hybridized carbons (Fsp3) is 0.571. The van der Waals surface area contributed by atoms with Crippen LogP contribution in [0.2, 0.25) is 0 Å². The monoisotopic (exact) mass is 295 g/mol. The molecule has 0 aromatic carbocycles. The predicted molar refractivity (Wildman–Crippen MR) is 73.9 cm³/mol. The highest BCUT2D eigenvalue weighted by molar-refractivity contribution is 7.14. The molecule has 1 aliphatic carbocycles. The van der Waals surface area contributed by atoms with E-state index in [-0.39, 0.29) is 17.9 Å². The van der Waals surface area contributed by atoms with E-state index in [1.165, 1.54) is 16.2 Å². The van der Waals surface area contributed by atoms with E-state index in [9.17, 15) is 9.59 Å². The summed E-state index contributed by atoms with van der Waals surface area (Å²) in [5.74, 6) is -1.16. The van der Waals surface area contributed by atoms with Gasteiger partial charge in [0.2, 0.25) is 0 Å². The molecule has 1 aromatic rings. The van der Waals surface area contributed by atoms with E-state index < -0.39 is 5.97 Å². The van der Waals surface area contributed by atoms with Gasteiger partial charge in [0.1, 0.15) is 0 Å². The number of fused-ring (bicyclic) bond motifs is 1. The third kappa shape index (κ3) is 2.71. The fourth-order valence-corrected chi connectivity index (χ4v) is 3.91. The molecule has 5 nitrogen and oxygen atoms in total. The van der Waals surface area contributed by atoms with E-state index in [0.717, 1.165) is 25.0 Å². The number of carboxylic acid groups (broad SMARTS) is 1. The minimum atomic E-state index is -0.759. The smallest absolute Gasteiger partial charge is 0.306 e. The van der Waals surface area contributed by atoms with Crippen LogP contribution in [-0.2, 0) is 22.6 Å². The fourth-order valence-electron chi connectivity index (χ4n) is 2.85. The van der Waals surface area contributed by atoms with Crippen LogP contribution in [0, 0.1) is 5.92 Å². The largest absolute Gasteiger partial charge is 0.481 e. The summed E-state index contributed by atoms with van der Waals surface area (Å²) in [6, 6.07) is 1.89. The molecule has 1 fully saturated rings. The van der Waals surface area contributed by atoms with E-state index >= 15 is 0 Å². The van der Waals surface area contributed by atoms with Crippen molar-refractivity contribution in [2.24, 2.45) is 5.92 Å². The maximum Gasteiger partial charge on any atom is 0.306 e. The van der Waals surface area contributed by atoms with Gasteiger partial charge in [0.05, 0.1) is 24.0 Å². The van der Waals surface area contributed by atoms with Gasteiger partial charge in [0, 0.05) is 17.3 Å². The van der Waals surface area contributed by atoms with Crippen LogP contribution < -0.4 is 5.32 Å². The molecule has 0 spiro atoms. The summed E-state index contributed by atoms with van der Waals surface area (Å²) in [6.45, 7) is 1.31. The molecule has 2 atom stereocenters. The number of rotatable bonds is 3. The first kappa shape index (κ1) is 13.6. The van der Waals surface area contributed by atoms with Crippen LogP contribution in [-0.4, -0.2) is 29.6 Å². The Balaban J connectivity index is 1.62. The molecule has 20 heavy (non-hydrogen) atoms. The Kier molecular flexibility index (Phi) is 3.76. The number of aliphatic carboxylic acids is 1. The quantitative estimate of drug-likeness (QED) is 0.891. The lowest BCUT2D eigenvalue weighted by atomic mass is 10.1. The minimum absolute atomic E-state index is 0.0148. The molecule has 2 aliphatic rings. The average molecular weight is 295 g/mol. The molecule has 6 heteroatoms. The second-order valence-corrected chi connectivity index (χ2v) is 6.52. The first-order chi connectivity index (χ1) is 9.63. The molecule has 0 radical (unpaired) electrons. The average Bonchev–Trinajstić information content (AvgIpc) is 3.04. The van der Waals surface area contributed by atoms with Gasteiger partial charge >= 0.3 is 5.97 Å². The SMILES string of the molecule is O=C(N[C@@H]1CC[C@H](C(=O)O)C1)c1cc2c(s1)CCOC2. The standard InChI is InChI=1S/C14H17NO4S/c16-13(15-10-2-1-8(5-10)14(17)18)12-6-9-7-19-4-3-11(9)20-12/h6,8,10H,1-5,7H2,(H,15,16)(H,17,18)/t8-,10+/m0/s1. The van der Waals surface area contributed by atoms with Crippen molar-refractivity contribution < 1.29 is 19.4 Å². The normalized spacial score (nSPS) is 25.2. The third-order valence-corrected chi connectivity index (χ3v) is 5.20. The van der Waals surface area contributed by atoms with Crippen molar-refractivity contribution in [2.45, 2.75) is 38.3 Å². The van der Waals surface area contributed by atoms with Crippen LogP contribution in [0.1, 0.15) is 39.4 Å². The molecular formula is C14H17NO4S. The molecule has 108 valence electrons. The van der Waals surface area contributed by atoms with Crippen molar-refractivity contribution in [2.75, 3.05) is 6.61 Å². The van der Waals surface area contributed by atoms with Crippen LogP contribution in [0.5, 0.6) is 0 Å². The van der Waals surface area contributed by atoms with Gasteiger partial charge in [-0.05, 0) is 30.9 Å². The summed E-state index contributed by atoms with van der Waals surface area (Å²) >= 11 is 1.53. The molecule has 1 aromatic heterocycles. The second-order valence-electron chi connectivity index (χ2n) is 5.38. The van der Waals surface area contributed by atoms with Crippen LogP contribution >= 0.6 is 11.3 Å². The highest BCUT2D eigenvalue weighted by Crippen LogP contribution is 2.29. The summed E-state index contributed by atoms with van der Waals surface area (Å²) in [6.07, 6.45) is 2.80. The Morgan fingerprint density at radius 1 is 1.40 bits per heavy atom. The van der Waals surface area contributed by atoms with Crippen LogP contribution in [0.4, 0.5) is 0 Å². The van der Waals surface area contributed by atoms with Gasteiger partial charge in [-0.2, -0.15) is 0 Å². The minimum Gasteiger partial charge on any atom is -0.481 e. The number of hydrogen-bond acceptors (Lipinski definition) is 4. The molecule has 1 saturated carbocycles. The summed E-state index contributed by atoms with van der Waals surface area (Å²) in [5.41, 5.74) is 1.11. The highest BCUT2D eigenvalue weighted by Gasteiger charge is 2.31. The first-order valence-electron chi connectivity index (χ1n) is 6.86. The Bertz CT molecular complexity index is 516. The highest BCUT2D eigenvalue weighted by atomic mass is 32.1. The van der Waals surface area contributed by atoms with E-state index in [2.05, 4.69) is 5.32 Å². The van der Waals surface area contributed by atoms with Crippen LogP contribution in [0.15, 0.2) is 6.07 Å². The number of carbonyl (C=O) groups excluding carboxylic acids is 1. The first-order valence-corrected chi connectivity index (χ1v) is 7.68. The van der Waals surface area contributed by atoms with E-state index in [1.807, 2.05) is 6.07 Å². The predicted octanol–water partition coefficient (Wildman–Crippen LogP) is 1.80. The lowest BCUT2D eigenvalue weighted by molar-refractivity contribution is -0.141. The molecule has 0 saturated heterocycles. The number of hydrogen-bond donors (Lipinski definition) is 2. The maximum atomic E-state index is 12.2. The summed E-state index contributed by atoms with van der Waals surface area (Å²) in [5, 5.41) is 11.9. The molecule has 1 amide bonds. The van der Waals surface area contributed by atoms with Crippen molar-refractivity contribution in [1.82, 2.24) is 5.32 Å². The summed E-state index contributed by atoms with van der Waals surface area (Å²) in [7, 11) is 0. The van der Waals surface area contributed by atoms with Gasteiger partial charge in [-0.3, -0.25) is 9.59 Å². The number of thiophene rings is 1. The van der Waals surface area contributed by atoms with Gasteiger partial charge in [-0.1, -0.05) is 0 Å². The zero-order valence-electron chi connectivity index (χ0n) is 11.1. The van der Waals surface area contributed by atoms with Crippen molar-refractivity contribution in [3.05, 3.63) is 21.4 Å². The Morgan fingerprint density at radius 2 is 2.25 bits per heavy atom. The van der Waals surface area contributed by atoms with Gasteiger partial charge in [0.25, 0.3) is 5.91 Å². The zero-order valence-corrected chi connectivity index (χ0v) is 11.9. The van der Waals surface area contributed by atoms with Crippen molar-refractivity contribution >= 4 is 23.2 Å². The molecular weight excluding hydrogens is 278 g/mol. The second kappa shape index (κ2) is 5.54. The van der Waals surface area contributed by atoms with Gasteiger partial charge in [-0.25, -0.2) is 0 Å². The Labute approximate surface area is 120 Å². The van der Waals surface area contributed by atoms with Gasteiger partial charge in [0.15, 0.2) is 0 Å². The van der Waals surface area contributed by atoms with Crippen LogP contribution in [0.25, 0.3) is 0 Å².